The molecule has 11 nitrogen and oxygen atoms in total. The Kier molecular flexibility index (Phi) is 14.2. The molecular formula is C27H39IN2O9. The number of ether oxygens (including phenoxy) is 4. The van der Waals surface area contributed by atoms with Gasteiger partial charge in [0.15, 0.2) is 11.5 Å². The van der Waals surface area contributed by atoms with Gasteiger partial charge >= 0.3 is 0 Å². The average molecular weight is 663 g/mol. The molecule has 1 aliphatic rings. The third kappa shape index (κ3) is 9.71. The van der Waals surface area contributed by atoms with Gasteiger partial charge in [-0.1, -0.05) is 0 Å². The molecule has 39 heavy (non-hydrogen) atoms. The smallest absolute Gasteiger partial charge is 0.248 e. The summed E-state index contributed by atoms with van der Waals surface area (Å²) in [5.74, 6) is -0.193. The number of carbonyl (C=O) groups is 3. The van der Waals surface area contributed by atoms with Crippen molar-refractivity contribution >= 4 is 40.7 Å². The van der Waals surface area contributed by atoms with Gasteiger partial charge in [-0.3, -0.25) is 14.4 Å². The molecule has 0 saturated heterocycles. The summed E-state index contributed by atoms with van der Waals surface area (Å²) in [4.78, 5) is 39.0. The molecular weight excluding hydrogens is 623 g/mol. The highest BCUT2D eigenvalue weighted by Crippen LogP contribution is 2.37. The summed E-state index contributed by atoms with van der Waals surface area (Å²) in [6.07, 6.45) is 0.584. The van der Waals surface area contributed by atoms with Crippen molar-refractivity contribution in [2.24, 2.45) is 0 Å². The molecule has 2 amide bonds. The fraction of sp³-hybridized carbons (Fsp3) is 0.593. The Hall–Kier alpha value is -2.26. The van der Waals surface area contributed by atoms with Gasteiger partial charge in [-0.15, -0.1) is 0 Å². The fourth-order valence-corrected chi connectivity index (χ4v) is 4.89. The van der Waals surface area contributed by atoms with E-state index in [-0.39, 0.29) is 56.2 Å². The summed E-state index contributed by atoms with van der Waals surface area (Å²) in [5, 5.41) is 23.3. The zero-order valence-corrected chi connectivity index (χ0v) is 25.0. The van der Waals surface area contributed by atoms with Crippen LogP contribution in [0.3, 0.4) is 0 Å². The van der Waals surface area contributed by atoms with E-state index in [0.717, 1.165) is 0 Å². The van der Waals surface area contributed by atoms with Gasteiger partial charge in [0.1, 0.15) is 25.1 Å². The second-order valence-corrected chi connectivity index (χ2v) is 10.3. The van der Waals surface area contributed by atoms with Gasteiger partial charge in [-0.05, 0) is 68.0 Å². The van der Waals surface area contributed by atoms with Crippen LogP contribution in [0.15, 0.2) is 23.8 Å². The van der Waals surface area contributed by atoms with Crippen molar-refractivity contribution in [1.82, 2.24) is 10.2 Å². The third-order valence-electron chi connectivity index (χ3n) is 6.00. The third-order valence-corrected chi connectivity index (χ3v) is 6.80. The predicted molar refractivity (Wildman–Crippen MR) is 152 cm³/mol. The average Bonchev–Trinajstić information content (AvgIpc) is 2.92. The lowest BCUT2D eigenvalue weighted by molar-refractivity contribution is -0.143. The maximum absolute atomic E-state index is 13.2. The normalized spacial score (nSPS) is 18.9. The number of amides is 2. The number of hydrogen-bond donors (Lipinski definition) is 3. The minimum atomic E-state index is -1.21. The van der Waals surface area contributed by atoms with Crippen LogP contribution in [-0.4, -0.2) is 104 Å². The van der Waals surface area contributed by atoms with Crippen molar-refractivity contribution in [2.75, 3.05) is 46.6 Å². The molecule has 0 spiro atoms. The van der Waals surface area contributed by atoms with E-state index >= 15 is 0 Å². The second kappa shape index (κ2) is 16.8. The molecule has 0 aliphatic heterocycles. The molecule has 0 aromatic heterocycles. The van der Waals surface area contributed by atoms with E-state index in [1.54, 1.807) is 13.0 Å². The van der Waals surface area contributed by atoms with E-state index < -0.39 is 24.2 Å². The fourth-order valence-electron chi connectivity index (χ4n) is 4.14. The molecule has 1 aliphatic carbocycles. The van der Waals surface area contributed by atoms with Crippen LogP contribution in [0.25, 0.3) is 0 Å². The lowest BCUT2D eigenvalue weighted by atomic mass is 9.88. The standard InChI is InChI=1S/C27H39IN2O9/c1-5-37-16-24(33)30(8-6-10-38-17(2)3)21-13-19(27(35)29-7-9-31)14-22(25(21)34)39-26-20(28)11-18(15-32)12-23(26)36-4/h11-12,14-15,17,21-22,25,31,34H,5-10,13,16H2,1-4H3,(H,29,35). The van der Waals surface area contributed by atoms with Crippen molar-refractivity contribution in [3.63, 3.8) is 0 Å². The summed E-state index contributed by atoms with van der Waals surface area (Å²) >= 11 is 2.00. The molecule has 1 aromatic rings. The number of benzene rings is 1. The van der Waals surface area contributed by atoms with Gasteiger partial charge in [-0.25, -0.2) is 0 Å². The Morgan fingerprint density at radius 2 is 2.05 bits per heavy atom. The van der Waals surface area contributed by atoms with E-state index in [9.17, 15) is 24.6 Å². The highest BCUT2D eigenvalue weighted by molar-refractivity contribution is 14.1. The Morgan fingerprint density at radius 1 is 1.31 bits per heavy atom. The highest BCUT2D eigenvalue weighted by Gasteiger charge is 2.40. The lowest BCUT2D eigenvalue weighted by Crippen LogP contribution is -2.56. The number of aliphatic hydroxyl groups excluding tert-OH is 2. The van der Waals surface area contributed by atoms with Crippen molar-refractivity contribution in [3.8, 4) is 11.5 Å². The Bertz CT molecular complexity index is 1000. The quantitative estimate of drug-likeness (QED) is 0.137. The van der Waals surface area contributed by atoms with E-state index in [0.29, 0.717) is 40.6 Å². The topological polar surface area (TPSA) is 144 Å². The zero-order valence-electron chi connectivity index (χ0n) is 22.9. The molecule has 3 N–H and O–H groups in total. The first-order valence-corrected chi connectivity index (χ1v) is 14.0. The van der Waals surface area contributed by atoms with Crippen LogP contribution < -0.4 is 14.8 Å². The Morgan fingerprint density at radius 3 is 2.67 bits per heavy atom. The van der Waals surface area contributed by atoms with Crippen LogP contribution >= 0.6 is 22.6 Å². The first-order chi connectivity index (χ1) is 18.7. The largest absolute Gasteiger partial charge is 0.493 e. The molecule has 1 aromatic carbocycles. The number of methoxy groups -OCH3 is 1. The van der Waals surface area contributed by atoms with E-state index in [1.165, 1.54) is 24.2 Å². The van der Waals surface area contributed by atoms with Crippen molar-refractivity contribution in [1.29, 1.82) is 0 Å². The molecule has 3 unspecified atom stereocenters. The van der Waals surface area contributed by atoms with Crippen LogP contribution in [0.5, 0.6) is 11.5 Å². The summed E-state index contributed by atoms with van der Waals surface area (Å²) in [6, 6.07) is 2.32. The number of aliphatic hydroxyl groups is 2. The van der Waals surface area contributed by atoms with Crippen LogP contribution in [0.1, 0.15) is 44.0 Å². The van der Waals surface area contributed by atoms with Crippen LogP contribution in [-0.2, 0) is 19.1 Å². The van der Waals surface area contributed by atoms with E-state index in [2.05, 4.69) is 5.32 Å². The highest BCUT2D eigenvalue weighted by atomic mass is 127. The van der Waals surface area contributed by atoms with Crippen LogP contribution in [0, 0.1) is 3.57 Å². The molecule has 0 radical (unpaired) electrons. The number of nitrogens with one attached hydrogen (secondary N) is 1. The van der Waals surface area contributed by atoms with E-state index in [1.807, 2.05) is 36.4 Å². The first kappa shape index (κ1) is 32.9. The van der Waals surface area contributed by atoms with Crippen molar-refractivity contribution in [2.45, 2.75) is 58.0 Å². The number of nitrogens with zero attached hydrogens (tertiary/aromatic N) is 1. The molecule has 0 bridgehead atoms. The summed E-state index contributed by atoms with van der Waals surface area (Å²) in [6.45, 7) is 6.29. The minimum absolute atomic E-state index is 0.0310. The number of hydrogen-bond acceptors (Lipinski definition) is 9. The molecule has 3 atom stereocenters. The summed E-state index contributed by atoms with van der Waals surface area (Å²) < 4.78 is 23.2. The molecule has 0 heterocycles. The molecule has 218 valence electrons. The van der Waals surface area contributed by atoms with Crippen LogP contribution in [0.2, 0.25) is 0 Å². The molecule has 0 saturated carbocycles. The summed E-state index contributed by atoms with van der Waals surface area (Å²) in [7, 11) is 1.43. The Labute approximate surface area is 242 Å². The maximum Gasteiger partial charge on any atom is 0.248 e. The number of rotatable bonds is 16. The lowest BCUT2D eigenvalue weighted by Gasteiger charge is -2.40. The van der Waals surface area contributed by atoms with Crippen molar-refractivity contribution < 1.29 is 43.5 Å². The first-order valence-electron chi connectivity index (χ1n) is 12.9. The monoisotopic (exact) mass is 662 g/mol. The van der Waals surface area contributed by atoms with Crippen molar-refractivity contribution in [3.05, 3.63) is 32.9 Å². The molecule has 12 heteroatoms. The maximum atomic E-state index is 13.2. The number of carbonyl (C=O) groups excluding carboxylic acids is 3. The minimum Gasteiger partial charge on any atom is -0.493 e. The van der Waals surface area contributed by atoms with Crippen LogP contribution in [0.4, 0.5) is 0 Å². The van der Waals surface area contributed by atoms with Gasteiger partial charge < -0.3 is 39.4 Å². The van der Waals surface area contributed by atoms with Gasteiger partial charge in [0, 0.05) is 43.9 Å². The molecule has 2 rings (SSSR count). The second-order valence-electron chi connectivity index (χ2n) is 9.17. The van der Waals surface area contributed by atoms with E-state index in [4.69, 9.17) is 18.9 Å². The van der Waals surface area contributed by atoms with Gasteiger partial charge in [0.05, 0.1) is 29.4 Å². The van der Waals surface area contributed by atoms with Gasteiger partial charge in [0.2, 0.25) is 11.8 Å². The summed E-state index contributed by atoms with van der Waals surface area (Å²) in [5.41, 5.74) is 0.691. The SMILES string of the molecule is CCOCC(=O)N(CCCOC(C)C)C1CC(C(=O)NCCO)=CC(Oc2c(I)cc(C=O)cc2OC)C1O. The zero-order chi connectivity index (χ0) is 28.9. The van der Waals surface area contributed by atoms with Gasteiger partial charge in [0.25, 0.3) is 0 Å². The number of halogens is 1. The number of aldehydes is 1. The Balaban J connectivity index is 2.45. The predicted octanol–water partition coefficient (Wildman–Crippen LogP) is 1.71. The van der Waals surface area contributed by atoms with Gasteiger partial charge in [-0.2, -0.15) is 0 Å². The molecule has 0 fully saturated rings.